The fourth-order valence-corrected chi connectivity index (χ4v) is 4.16. The highest BCUT2D eigenvalue weighted by Crippen LogP contribution is 2.36. The summed E-state index contributed by atoms with van der Waals surface area (Å²) in [6.07, 6.45) is 0.926. The minimum Gasteiger partial charge on any atom is -0.356 e. The first kappa shape index (κ1) is 17.2. The van der Waals surface area contributed by atoms with Crippen LogP contribution in [0, 0.1) is 5.82 Å². The summed E-state index contributed by atoms with van der Waals surface area (Å²) in [7, 11) is 0. The summed E-state index contributed by atoms with van der Waals surface area (Å²) in [5.41, 5.74) is 3.25. The van der Waals surface area contributed by atoms with Gasteiger partial charge in [-0.15, -0.1) is 11.8 Å². The molecule has 2 N–H and O–H groups in total. The Morgan fingerprint density at radius 1 is 1.21 bits per heavy atom. The smallest absolute Gasteiger partial charge is 0.171 e. The van der Waals surface area contributed by atoms with Gasteiger partial charge in [-0.2, -0.15) is 0 Å². The number of hydrogen-bond donors (Lipinski definition) is 2. The van der Waals surface area contributed by atoms with E-state index in [1.165, 1.54) is 11.6 Å². The molecule has 2 nitrogen and oxygen atoms in total. The van der Waals surface area contributed by atoms with Crippen molar-refractivity contribution in [3.8, 4) is 0 Å². The predicted molar refractivity (Wildman–Crippen MR) is 104 cm³/mol. The Morgan fingerprint density at radius 2 is 1.96 bits per heavy atom. The molecular formula is C19H21FN2S2. The van der Waals surface area contributed by atoms with Crippen LogP contribution in [-0.4, -0.2) is 10.9 Å². The van der Waals surface area contributed by atoms with Crippen molar-refractivity contribution in [3.63, 3.8) is 0 Å². The first-order valence-electron chi connectivity index (χ1n) is 8.12. The second kappa shape index (κ2) is 7.53. The molecule has 1 atom stereocenters. The van der Waals surface area contributed by atoms with Gasteiger partial charge in [0.25, 0.3) is 0 Å². The molecule has 0 saturated carbocycles. The molecule has 0 fully saturated rings. The van der Waals surface area contributed by atoms with Crippen LogP contribution in [0.25, 0.3) is 0 Å². The Hall–Kier alpha value is -1.59. The van der Waals surface area contributed by atoms with E-state index in [4.69, 9.17) is 12.2 Å². The summed E-state index contributed by atoms with van der Waals surface area (Å²) >= 11 is 7.21. The van der Waals surface area contributed by atoms with Crippen LogP contribution in [0.2, 0.25) is 0 Å². The van der Waals surface area contributed by atoms with Gasteiger partial charge >= 0.3 is 0 Å². The van der Waals surface area contributed by atoms with Crippen LogP contribution >= 0.6 is 24.0 Å². The molecule has 24 heavy (non-hydrogen) atoms. The highest BCUT2D eigenvalue weighted by atomic mass is 32.2. The predicted octanol–water partition coefficient (Wildman–Crippen LogP) is 5.47. The average Bonchev–Trinajstić information content (AvgIpc) is 2.56. The van der Waals surface area contributed by atoms with Crippen LogP contribution in [-0.2, 0) is 0 Å². The largest absolute Gasteiger partial charge is 0.356 e. The van der Waals surface area contributed by atoms with Gasteiger partial charge in [0.05, 0.1) is 6.04 Å². The van der Waals surface area contributed by atoms with E-state index in [2.05, 4.69) is 36.6 Å². The van der Waals surface area contributed by atoms with Crippen molar-refractivity contribution in [3.05, 3.63) is 59.4 Å². The lowest BCUT2D eigenvalue weighted by Gasteiger charge is -2.27. The SMILES string of the molecule is CC(C)c1ccc(NC(=S)N[C@H]2CCSc3ccc(F)cc32)cc1. The molecule has 1 aliphatic rings. The molecule has 1 heterocycles. The van der Waals surface area contributed by atoms with Gasteiger partial charge in [0.2, 0.25) is 0 Å². The maximum absolute atomic E-state index is 13.6. The number of halogens is 1. The second-order valence-electron chi connectivity index (χ2n) is 6.25. The molecule has 0 spiro atoms. The molecule has 2 aromatic carbocycles. The monoisotopic (exact) mass is 360 g/mol. The minimum atomic E-state index is -0.203. The van der Waals surface area contributed by atoms with E-state index in [-0.39, 0.29) is 11.9 Å². The first-order chi connectivity index (χ1) is 11.5. The van der Waals surface area contributed by atoms with Gasteiger partial charge in [-0.3, -0.25) is 0 Å². The normalized spacial score (nSPS) is 16.6. The molecule has 5 heteroatoms. The van der Waals surface area contributed by atoms with Crippen molar-refractivity contribution < 1.29 is 4.39 Å². The maximum Gasteiger partial charge on any atom is 0.171 e. The van der Waals surface area contributed by atoms with Gasteiger partial charge in [-0.05, 0) is 66.0 Å². The van der Waals surface area contributed by atoms with E-state index in [1.807, 2.05) is 18.2 Å². The Labute approximate surface area is 152 Å². The van der Waals surface area contributed by atoms with Gasteiger partial charge in [0.15, 0.2) is 5.11 Å². The summed E-state index contributed by atoms with van der Waals surface area (Å²) in [5.74, 6) is 1.31. The number of anilines is 1. The second-order valence-corrected chi connectivity index (χ2v) is 7.79. The number of thiocarbonyl (C=S) groups is 1. The zero-order valence-electron chi connectivity index (χ0n) is 13.8. The summed E-state index contributed by atoms with van der Waals surface area (Å²) in [6, 6.07) is 13.3. The van der Waals surface area contributed by atoms with E-state index in [9.17, 15) is 4.39 Å². The molecule has 0 saturated heterocycles. The molecule has 0 aliphatic carbocycles. The van der Waals surface area contributed by atoms with Crippen LogP contribution in [0.15, 0.2) is 47.4 Å². The first-order valence-corrected chi connectivity index (χ1v) is 9.52. The van der Waals surface area contributed by atoms with E-state index in [0.29, 0.717) is 11.0 Å². The minimum absolute atomic E-state index is 0.0480. The summed E-state index contributed by atoms with van der Waals surface area (Å²) in [4.78, 5) is 1.13. The number of thioether (sulfide) groups is 1. The van der Waals surface area contributed by atoms with E-state index < -0.39 is 0 Å². The van der Waals surface area contributed by atoms with E-state index in [0.717, 1.165) is 28.3 Å². The fourth-order valence-electron chi connectivity index (χ4n) is 2.79. The molecule has 0 amide bonds. The van der Waals surface area contributed by atoms with Crippen molar-refractivity contribution in [2.24, 2.45) is 0 Å². The summed E-state index contributed by atoms with van der Waals surface area (Å²) < 4.78 is 13.6. The zero-order chi connectivity index (χ0) is 17.1. The zero-order valence-corrected chi connectivity index (χ0v) is 15.4. The number of fused-ring (bicyclic) bond motifs is 1. The van der Waals surface area contributed by atoms with Gasteiger partial charge in [-0.25, -0.2) is 4.39 Å². The van der Waals surface area contributed by atoms with E-state index >= 15 is 0 Å². The molecule has 1 aliphatic heterocycles. The van der Waals surface area contributed by atoms with Crippen molar-refractivity contribution in [1.29, 1.82) is 0 Å². The van der Waals surface area contributed by atoms with Crippen LogP contribution < -0.4 is 10.6 Å². The summed E-state index contributed by atoms with van der Waals surface area (Å²) in [6.45, 7) is 4.35. The number of benzene rings is 2. The Balaban J connectivity index is 1.66. The Morgan fingerprint density at radius 3 is 2.67 bits per heavy atom. The average molecular weight is 361 g/mol. The Kier molecular flexibility index (Phi) is 5.41. The lowest BCUT2D eigenvalue weighted by molar-refractivity contribution is 0.587. The molecule has 3 rings (SSSR count). The standard InChI is InChI=1S/C19H21FN2S2/c1-12(2)13-3-6-15(7-4-13)21-19(23)22-17-9-10-24-18-8-5-14(20)11-16(17)18/h3-8,11-12,17H,9-10H2,1-2H3,(H2,21,22,23)/t17-/m0/s1. The highest BCUT2D eigenvalue weighted by molar-refractivity contribution is 7.99. The van der Waals surface area contributed by atoms with Gasteiger partial charge in [0.1, 0.15) is 5.82 Å². The van der Waals surface area contributed by atoms with Crippen LogP contribution in [0.4, 0.5) is 10.1 Å². The van der Waals surface area contributed by atoms with Gasteiger partial charge < -0.3 is 10.6 Å². The van der Waals surface area contributed by atoms with Gasteiger partial charge in [0, 0.05) is 16.3 Å². The number of nitrogens with one attached hydrogen (secondary N) is 2. The number of rotatable bonds is 3. The molecule has 0 aromatic heterocycles. The van der Waals surface area contributed by atoms with Crippen molar-refractivity contribution in [2.75, 3.05) is 11.1 Å². The molecule has 0 bridgehead atoms. The van der Waals surface area contributed by atoms with Crippen LogP contribution in [0.5, 0.6) is 0 Å². The fraction of sp³-hybridized carbons (Fsp3) is 0.316. The molecule has 126 valence electrons. The topological polar surface area (TPSA) is 24.1 Å². The third-order valence-electron chi connectivity index (χ3n) is 4.15. The quantitative estimate of drug-likeness (QED) is 0.709. The van der Waals surface area contributed by atoms with Crippen molar-refractivity contribution >= 4 is 34.8 Å². The van der Waals surface area contributed by atoms with Crippen molar-refractivity contribution in [2.45, 2.75) is 37.1 Å². The molecule has 2 aromatic rings. The van der Waals surface area contributed by atoms with Gasteiger partial charge in [-0.1, -0.05) is 26.0 Å². The summed E-state index contributed by atoms with van der Waals surface area (Å²) in [5, 5.41) is 7.12. The van der Waals surface area contributed by atoms with Crippen LogP contribution in [0.3, 0.4) is 0 Å². The van der Waals surface area contributed by atoms with Crippen molar-refractivity contribution in [1.82, 2.24) is 5.32 Å². The lowest BCUT2D eigenvalue weighted by atomic mass is 10.0. The third-order valence-corrected chi connectivity index (χ3v) is 5.49. The maximum atomic E-state index is 13.6. The molecule has 0 radical (unpaired) electrons. The third kappa shape index (κ3) is 4.08. The highest BCUT2D eigenvalue weighted by Gasteiger charge is 2.22. The van der Waals surface area contributed by atoms with E-state index in [1.54, 1.807) is 17.8 Å². The molecular weight excluding hydrogens is 339 g/mol. The Bertz CT molecular complexity index is 729. The van der Waals surface area contributed by atoms with Crippen LogP contribution in [0.1, 0.15) is 43.4 Å². The number of hydrogen-bond acceptors (Lipinski definition) is 2. The molecule has 0 unspecified atom stereocenters. The lowest BCUT2D eigenvalue weighted by Crippen LogP contribution is -2.34.